The summed E-state index contributed by atoms with van der Waals surface area (Å²) in [6, 6.07) is -0.150. The maximum absolute atomic E-state index is 12.3. The summed E-state index contributed by atoms with van der Waals surface area (Å²) < 4.78 is 0. The number of nitrogens with two attached hydrogens (primary N) is 1. The summed E-state index contributed by atoms with van der Waals surface area (Å²) in [5.41, 5.74) is 4.57. The Hall–Kier alpha value is -1.65. The highest BCUT2D eigenvalue weighted by Gasteiger charge is 2.29. The van der Waals surface area contributed by atoms with Gasteiger partial charge < -0.3 is 5.32 Å². The van der Waals surface area contributed by atoms with Gasteiger partial charge in [-0.2, -0.15) is 0 Å². The Morgan fingerprint density at radius 2 is 2.28 bits per heavy atom. The summed E-state index contributed by atoms with van der Waals surface area (Å²) in [6.45, 7) is 1.95. The smallest absolute Gasteiger partial charge is 0.233 e. The van der Waals surface area contributed by atoms with Gasteiger partial charge in [-0.15, -0.1) is 0 Å². The van der Waals surface area contributed by atoms with Crippen LogP contribution in [0.5, 0.6) is 0 Å². The van der Waals surface area contributed by atoms with Crippen LogP contribution in [0.25, 0.3) is 0 Å². The van der Waals surface area contributed by atoms with Crippen molar-refractivity contribution in [2.24, 2.45) is 11.8 Å². The van der Waals surface area contributed by atoms with Crippen molar-refractivity contribution in [1.29, 1.82) is 0 Å². The predicted octanol–water partition coefficient (Wildman–Crippen LogP) is 1.30. The van der Waals surface area contributed by atoms with Gasteiger partial charge in [0.2, 0.25) is 5.91 Å². The van der Waals surface area contributed by atoms with Gasteiger partial charge in [-0.1, -0.05) is 36.0 Å². The minimum atomic E-state index is -0.253. The number of rotatable bonds is 3. The Morgan fingerprint density at radius 1 is 1.44 bits per heavy atom. The van der Waals surface area contributed by atoms with Crippen LogP contribution in [-0.4, -0.2) is 11.9 Å². The summed E-state index contributed by atoms with van der Waals surface area (Å²) in [7, 11) is 0. The van der Waals surface area contributed by atoms with Gasteiger partial charge >= 0.3 is 0 Å². The molecule has 4 heteroatoms. The summed E-state index contributed by atoms with van der Waals surface area (Å²) >= 11 is 0. The largest absolute Gasteiger partial charge is 0.326 e. The van der Waals surface area contributed by atoms with E-state index in [1.165, 1.54) is 0 Å². The molecule has 0 aromatic carbocycles. The van der Waals surface area contributed by atoms with E-state index in [0.29, 0.717) is 0 Å². The van der Waals surface area contributed by atoms with Gasteiger partial charge in [0.25, 0.3) is 0 Å². The second kappa shape index (κ2) is 5.80. The minimum absolute atomic E-state index is 0.0196. The van der Waals surface area contributed by atoms with Crippen LogP contribution in [0.3, 0.4) is 0 Å². The van der Waals surface area contributed by atoms with Crippen LogP contribution in [0.15, 0.2) is 47.7 Å². The number of hydrogen-bond donors (Lipinski definition) is 3. The van der Waals surface area contributed by atoms with Crippen molar-refractivity contribution in [2.45, 2.75) is 25.8 Å². The highest BCUT2D eigenvalue weighted by molar-refractivity contribution is 5.85. The van der Waals surface area contributed by atoms with E-state index in [2.05, 4.69) is 16.8 Å². The zero-order valence-electron chi connectivity index (χ0n) is 10.5. The lowest BCUT2D eigenvalue weighted by atomic mass is 9.87. The SMILES string of the molecule is CC1=CC=CC(NN)C1C(=O)NC1=CCCC=C1. The Labute approximate surface area is 107 Å². The number of hydrazine groups is 1. The van der Waals surface area contributed by atoms with Gasteiger partial charge in [-0.25, -0.2) is 0 Å². The Bertz CT molecular complexity index is 446. The monoisotopic (exact) mass is 245 g/mol. The van der Waals surface area contributed by atoms with Crippen LogP contribution < -0.4 is 16.6 Å². The van der Waals surface area contributed by atoms with Crippen molar-refractivity contribution in [1.82, 2.24) is 10.7 Å². The molecule has 0 aliphatic heterocycles. The molecular weight excluding hydrogens is 226 g/mol. The minimum Gasteiger partial charge on any atom is -0.326 e. The standard InChI is InChI=1S/C14H19N3O/c1-10-6-5-9-12(17-15)13(10)14(18)16-11-7-3-2-4-8-11/h3,5-9,12-13,17H,2,4,15H2,1H3,(H,16,18). The maximum atomic E-state index is 12.3. The molecule has 1 amide bonds. The van der Waals surface area contributed by atoms with Crippen LogP contribution in [-0.2, 0) is 4.79 Å². The highest BCUT2D eigenvalue weighted by Crippen LogP contribution is 2.21. The van der Waals surface area contributed by atoms with Crippen molar-refractivity contribution >= 4 is 5.91 Å². The van der Waals surface area contributed by atoms with E-state index in [-0.39, 0.29) is 17.9 Å². The first-order valence-corrected chi connectivity index (χ1v) is 6.21. The van der Waals surface area contributed by atoms with Crippen molar-refractivity contribution in [3.8, 4) is 0 Å². The Morgan fingerprint density at radius 3 is 2.94 bits per heavy atom. The van der Waals surface area contributed by atoms with E-state index in [1.54, 1.807) is 0 Å². The Kier molecular flexibility index (Phi) is 4.12. The fourth-order valence-corrected chi connectivity index (χ4v) is 2.27. The zero-order chi connectivity index (χ0) is 13.0. The average Bonchev–Trinajstić information content (AvgIpc) is 2.39. The van der Waals surface area contributed by atoms with E-state index in [4.69, 9.17) is 5.84 Å². The fraction of sp³-hybridized carbons (Fsp3) is 0.357. The van der Waals surface area contributed by atoms with Gasteiger partial charge in [0.15, 0.2) is 0 Å². The van der Waals surface area contributed by atoms with Crippen LogP contribution in [0.4, 0.5) is 0 Å². The van der Waals surface area contributed by atoms with E-state index in [0.717, 1.165) is 24.1 Å². The molecule has 0 aromatic rings. The number of nitrogens with one attached hydrogen (secondary N) is 2. The summed E-state index contributed by atoms with van der Waals surface area (Å²) in [6.07, 6.45) is 13.8. The Balaban J connectivity index is 2.07. The first-order chi connectivity index (χ1) is 8.72. The van der Waals surface area contributed by atoms with Gasteiger partial charge in [-0.3, -0.25) is 16.1 Å². The molecule has 4 N–H and O–H groups in total. The molecule has 0 saturated carbocycles. The highest BCUT2D eigenvalue weighted by atomic mass is 16.2. The molecule has 0 fully saturated rings. The molecule has 0 radical (unpaired) electrons. The van der Waals surface area contributed by atoms with Gasteiger partial charge in [-0.05, 0) is 25.8 Å². The molecule has 4 nitrogen and oxygen atoms in total. The number of hydrogen-bond acceptors (Lipinski definition) is 3. The van der Waals surface area contributed by atoms with Crippen LogP contribution in [0.1, 0.15) is 19.8 Å². The lowest BCUT2D eigenvalue weighted by molar-refractivity contribution is -0.123. The molecule has 2 unspecified atom stereocenters. The molecule has 0 saturated heterocycles. The van der Waals surface area contributed by atoms with Gasteiger partial charge in [0.1, 0.15) is 0 Å². The summed E-state index contributed by atoms with van der Waals surface area (Å²) in [5, 5.41) is 2.95. The summed E-state index contributed by atoms with van der Waals surface area (Å²) in [4.78, 5) is 12.3. The molecule has 2 aliphatic carbocycles. The molecule has 2 aliphatic rings. The molecule has 0 heterocycles. The van der Waals surface area contributed by atoms with Crippen molar-refractivity contribution in [3.05, 3.63) is 47.7 Å². The molecule has 0 spiro atoms. The van der Waals surface area contributed by atoms with Crippen LogP contribution in [0.2, 0.25) is 0 Å². The third kappa shape index (κ3) is 2.78. The number of carbonyl (C=O) groups is 1. The van der Waals surface area contributed by atoms with Crippen molar-refractivity contribution < 1.29 is 4.79 Å². The summed E-state index contributed by atoms with van der Waals surface area (Å²) in [5.74, 6) is 5.22. The molecule has 96 valence electrons. The van der Waals surface area contributed by atoms with Gasteiger partial charge in [0.05, 0.1) is 12.0 Å². The lowest BCUT2D eigenvalue weighted by Crippen LogP contribution is -2.47. The van der Waals surface area contributed by atoms with Crippen molar-refractivity contribution in [3.63, 3.8) is 0 Å². The van der Waals surface area contributed by atoms with Crippen molar-refractivity contribution in [2.75, 3.05) is 0 Å². The van der Waals surface area contributed by atoms with Crippen LogP contribution in [0, 0.1) is 5.92 Å². The zero-order valence-corrected chi connectivity index (χ0v) is 10.5. The second-order valence-corrected chi connectivity index (χ2v) is 4.59. The molecule has 0 bridgehead atoms. The lowest BCUT2D eigenvalue weighted by Gasteiger charge is -2.26. The normalized spacial score (nSPS) is 26.6. The molecule has 2 rings (SSSR count). The van der Waals surface area contributed by atoms with Crippen LogP contribution >= 0.6 is 0 Å². The van der Waals surface area contributed by atoms with E-state index < -0.39 is 0 Å². The molecule has 18 heavy (non-hydrogen) atoms. The third-order valence-corrected chi connectivity index (χ3v) is 3.26. The topological polar surface area (TPSA) is 67.1 Å². The second-order valence-electron chi connectivity index (χ2n) is 4.59. The predicted molar refractivity (Wildman–Crippen MR) is 72.1 cm³/mol. The fourth-order valence-electron chi connectivity index (χ4n) is 2.27. The molecule has 0 aromatic heterocycles. The number of carbonyl (C=O) groups excluding carboxylic acids is 1. The van der Waals surface area contributed by atoms with E-state index >= 15 is 0 Å². The first kappa shape index (κ1) is 12.8. The quantitative estimate of drug-likeness (QED) is 0.518. The van der Waals surface area contributed by atoms with Gasteiger partial charge in [0, 0.05) is 5.70 Å². The maximum Gasteiger partial charge on any atom is 0.233 e. The third-order valence-electron chi connectivity index (χ3n) is 3.26. The van der Waals surface area contributed by atoms with E-state index in [1.807, 2.05) is 37.3 Å². The first-order valence-electron chi connectivity index (χ1n) is 6.21. The molecule has 2 atom stereocenters. The molecular formula is C14H19N3O. The van der Waals surface area contributed by atoms with E-state index in [9.17, 15) is 4.79 Å². The average molecular weight is 245 g/mol. The number of amides is 1. The number of allylic oxidation sites excluding steroid dienone is 5.